The molecule has 4 rings (SSSR count). The second kappa shape index (κ2) is 12.1. The molecular weight excluding hydrogens is 488 g/mol. The first-order valence-corrected chi connectivity index (χ1v) is 13.8. The molecule has 2 atom stereocenters. The number of fused-ring (bicyclic) bond motifs is 1. The van der Waals surface area contributed by atoms with Gasteiger partial charge in [0.1, 0.15) is 5.41 Å². The van der Waals surface area contributed by atoms with Crippen LogP contribution in [0.25, 0.3) is 0 Å². The van der Waals surface area contributed by atoms with Gasteiger partial charge in [-0.05, 0) is 60.2 Å². The lowest BCUT2D eigenvalue weighted by atomic mass is 9.62. The Kier molecular flexibility index (Phi) is 8.88. The number of nitrogens with one attached hydrogen (secondary N) is 1. The van der Waals surface area contributed by atoms with Crippen LogP contribution in [0.4, 0.5) is 0 Å². The molecule has 0 radical (unpaired) electrons. The summed E-state index contributed by atoms with van der Waals surface area (Å²) in [6.45, 7) is 4.92. The molecule has 3 aromatic rings. The summed E-state index contributed by atoms with van der Waals surface area (Å²) in [6.07, 6.45) is 2.87. The van der Waals surface area contributed by atoms with Crippen molar-refractivity contribution in [2.45, 2.75) is 62.5 Å². The Morgan fingerprint density at radius 3 is 2.03 bits per heavy atom. The first-order chi connectivity index (χ1) is 18.9. The van der Waals surface area contributed by atoms with Gasteiger partial charge in [-0.15, -0.1) is 0 Å². The van der Waals surface area contributed by atoms with Gasteiger partial charge in [0.25, 0.3) is 0 Å². The molecule has 0 bridgehead atoms. The zero-order valence-corrected chi connectivity index (χ0v) is 23.4. The van der Waals surface area contributed by atoms with Crippen molar-refractivity contribution in [3.05, 3.63) is 107 Å². The standard InChI is InChI=1S/C33H40N2O4/c1-5-32(6-2)27-21-24(30(34)36)18-17-23(27)22-28(38-3)29(32)35-20-19-33(31(37)39-4,25-13-9-7-10-14-25)26-15-11-8-12-16-26/h7-18,21,28-29,35H,5-6,19-20,22H2,1-4H3,(H2,34,36)/t28-,29-/m1/s1. The molecule has 0 unspecified atom stereocenters. The summed E-state index contributed by atoms with van der Waals surface area (Å²) in [5.74, 6) is -0.715. The van der Waals surface area contributed by atoms with Crippen LogP contribution in [-0.4, -0.2) is 44.8 Å². The van der Waals surface area contributed by atoms with E-state index in [1.807, 2.05) is 78.9 Å². The Hall–Kier alpha value is -3.48. The molecule has 0 fully saturated rings. The second-order valence-electron chi connectivity index (χ2n) is 10.4. The maximum Gasteiger partial charge on any atom is 0.320 e. The van der Waals surface area contributed by atoms with Gasteiger partial charge in [-0.1, -0.05) is 80.6 Å². The Balaban J connectivity index is 1.74. The summed E-state index contributed by atoms with van der Waals surface area (Å²) in [6, 6.07) is 25.5. The van der Waals surface area contributed by atoms with Crippen molar-refractivity contribution in [2.24, 2.45) is 5.73 Å². The second-order valence-corrected chi connectivity index (χ2v) is 10.4. The average Bonchev–Trinajstić information content (AvgIpc) is 2.99. The molecule has 6 heteroatoms. The lowest BCUT2D eigenvalue weighted by Gasteiger charge is -2.49. The predicted octanol–water partition coefficient (Wildman–Crippen LogP) is 4.92. The van der Waals surface area contributed by atoms with Gasteiger partial charge in [-0.2, -0.15) is 0 Å². The molecule has 3 N–H and O–H groups in total. The number of carbonyl (C=O) groups excluding carboxylic acids is 2. The van der Waals surface area contributed by atoms with E-state index in [2.05, 4.69) is 19.2 Å². The molecule has 1 amide bonds. The van der Waals surface area contributed by atoms with E-state index in [0.717, 1.165) is 36.0 Å². The quantitative estimate of drug-likeness (QED) is 0.345. The molecule has 206 valence electrons. The average molecular weight is 529 g/mol. The van der Waals surface area contributed by atoms with E-state index in [1.165, 1.54) is 12.7 Å². The van der Waals surface area contributed by atoms with E-state index in [-0.39, 0.29) is 23.5 Å². The van der Waals surface area contributed by atoms with Crippen molar-refractivity contribution in [2.75, 3.05) is 20.8 Å². The number of methoxy groups -OCH3 is 2. The van der Waals surface area contributed by atoms with Crippen molar-refractivity contribution in [1.29, 1.82) is 0 Å². The topological polar surface area (TPSA) is 90.7 Å². The van der Waals surface area contributed by atoms with Crippen LogP contribution in [0.3, 0.4) is 0 Å². The molecule has 0 heterocycles. The molecular formula is C33H40N2O4. The molecule has 6 nitrogen and oxygen atoms in total. The number of hydrogen-bond acceptors (Lipinski definition) is 5. The van der Waals surface area contributed by atoms with Gasteiger partial charge in [0, 0.05) is 30.6 Å². The largest absolute Gasteiger partial charge is 0.468 e. The molecule has 39 heavy (non-hydrogen) atoms. The molecule has 0 aliphatic heterocycles. The number of benzene rings is 3. The summed E-state index contributed by atoms with van der Waals surface area (Å²) in [7, 11) is 3.20. The van der Waals surface area contributed by atoms with Crippen molar-refractivity contribution in [3.8, 4) is 0 Å². The first kappa shape index (κ1) is 28.5. The Morgan fingerprint density at radius 2 is 1.54 bits per heavy atom. The highest BCUT2D eigenvalue weighted by Gasteiger charge is 2.48. The maximum atomic E-state index is 13.6. The summed E-state index contributed by atoms with van der Waals surface area (Å²) < 4.78 is 11.5. The van der Waals surface area contributed by atoms with E-state index in [0.29, 0.717) is 18.5 Å². The van der Waals surface area contributed by atoms with Crippen LogP contribution in [0.5, 0.6) is 0 Å². The Bertz CT molecular complexity index is 1230. The highest BCUT2D eigenvalue weighted by atomic mass is 16.5. The van der Waals surface area contributed by atoms with Gasteiger partial charge in [0.05, 0.1) is 13.2 Å². The normalized spacial score (nSPS) is 18.3. The predicted molar refractivity (Wildman–Crippen MR) is 154 cm³/mol. The SMILES string of the molecule is CCC1(CC)c2cc(C(N)=O)ccc2C[C@@H](OC)[C@H]1NCCC(C(=O)OC)(c1ccccc1)c1ccccc1. The third-order valence-corrected chi connectivity index (χ3v) is 8.81. The van der Waals surface area contributed by atoms with E-state index in [1.54, 1.807) is 7.11 Å². The highest BCUT2D eigenvalue weighted by Crippen LogP contribution is 2.44. The number of ether oxygens (including phenoxy) is 2. The number of hydrogen-bond donors (Lipinski definition) is 2. The lowest BCUT2D eigenvalue weighted by molar-refractivity contribution is -0.146. The lowest BCUT2D eigenvalue weighted by Crippen LogP contribution is -2.59. The van der Waals surface area contributed by atoms with Gasteiger partial charge in [0.15, 0.2) is 0 Å². The minimum atomic E-state index is -0.973. The van der Waals surface area contributed by atoms with Crippen LogP contribution in [0.1, 0.15) is 65.7 Å². The van der Waals surface area contributed by atoms with Gasteiger partial charge >= 0.3 is 5.97 Å². The smallest absolute Gasteiger partial charge is 0.320 e. The molecule has 0 aromatic heterocycles. The molecule has 0 spiro atoms. The van der Waals surface area contributed by atoms with Gasteiger partial charge in [-0.3, -0.25) is 9.59 Å². The van der Waals surface area contributed by atoms with Gasteiger partial charge in [0.2, 0.25) is 5.91 Å². The monoisotopic (exact) mass is 528 g/mol. The molecule has 1 aliphatic rings. The van der Waals surface area contributed by atoms with Crippen molar-refractivity contribution < 1.29 is 19.1 Å². The zero-order chi connectivity index (χ0) is 28.0. The van der Waals surface area contributed by atoms with Crippen molar-refractivity contribution in [3.63, 3.8) is 0 Å². The van der Waals surface area contributed by atoms with Gasteiger partial charge < -0.3 is 20.5 Å². The highest BCUT2D eigenvalue weighted by molar-refractivity contribution is 5.93. The zero-order valence-electron chi connectivity index (χ0n) is 23.4. The maximum absolute atomic E-state index is 13.6. The van der Waals surface area contributed by atoms with Crippen LogP contribution < -0.4 is 11.1 Å². The molecule has 3 aromatic carbocycles. The van der Waals surface area contributed by atoms with Crippen LogP contribution in [0, 0.1) is 0 Å². The van der Waals surface area contributed by atoms with Crippen LogP contribution in [0.2, 0.25) is 0 Å². The molecule has 0 saturated carbocycles. The number of carbonyl (C=O) groups is 2. The Morgan fingerprint density at radius 1 is 0.949 bits per heavy atom. The summed E-state index contributed by atoms with van der Waals surface area (Å²) in [5, 5.41) is 3.83. The van der Waals surface area contributed by atoms with Gasteiger partial charge in [-0.25, -0.2) is 0 Å². The van der Waals surface area contributed by atoms with Crippen LogP contribution >= 0.6 is 0 Å². The van der Waals surface area contributed by atoms with E-state index < -0.39 is 11.3 Å². The number of amides is 1. The fourth-order valence-corrected chi connectivity index (χ4v) is 6.67. The van der Waals surface area contributed by atoms with Crippen molar-refractivity contribution in [1.82, 2.24) is 5.32 Å². The molecule has 1 aliphatic carbocycles. The van der Waals surface area contributed by atoms with Crippen LogP contribution in [0.15, 0.2) is 78.9 Å². The van der Waals surface area contributed by atoms with Crippen LogP contribution in [-0.2, 0) is 31.5 Å². The summed E-state index contributed by atoms with van der Waals surface area (Å²) in [4.78, 5) is 25.7. The number of esters is 1. The number of rotatable bonds is 11. The third kappa shape index (κ3) is 5.11. The number of primary amides is 1. The fraction of sp³-hybridized carbons (Fsp3) is 0.394. The summed E-state index contributed by atoms with van der Waals surface area (Å²) in [5.41, 5.74) is 9.07. The third-order valence-electron chi connectivity index (χ3n) is 8.81. The molecule has 0 saturated heterocycles. The number of nitrogens with two attached hydrogens (primary N) is 1. The Labute approximate surface area is 231 Å². The van der Waals surface area contributed by atoms with Crippen molar-refractivity contribution >= 4 is 11.9 Å². The minimum Gasteiger partial charge on any atom is -0.468 e. The van der Waals surface area contributed by atoms with E-state index in [4.69, 9.17) is 15.2 Å². The summed E-state index contributed by atoms with van der Waals surface area (Å²) >= 11 is 0. The van der Waals surface area contributed by atoms with E-state index >= 15 is 0 Å². The fourth-order valence-electron chi connectivity index (χ4n) is 6.67. The van der Waals surface area contributed by atoms with E-state index in [9.17, 15) is 9.59 Å². The minimum absolute atomic E-state index is 0.0324. The first-order valence-electron chi connectivity index (χ1n) is 13.8.